The van der Waals surface area contributed by atoms with Gasteiger partial charge in [0, 0.05) is 6.54 Å². The molecule has 0 bridgehead atoms. The number of sulfonamides is 1. The lowest BCUT2D eigenvalue weighted by Crippen LogP contribution is -2.25. The first-order chi connectivity index (χ1) is 12.3. The minimum atomic E-state index is -5.12. The molecule has 2 aromatic carbocycles. The third-order valence-corrected chi connectivity index (χ3v) is 4.94. The fraction of sp³-hybridized carbons (Fsp3) is 0.200. The van der Waals surface area contributed by atoms with Gasteiger partial charge in [-0.25, -0.2) is 13.1 Å². The van der Waals surface area contributed by atoms with E-state index in [-0.39, 0.29) is 5.56 Å². The second-order valence-corrected chi connectivity index (χ2v) is 7.27. The van der Waals surface area contributed by atoms with Crippen LogP contribution in [-0.2, 0) is 22.7 Å². The van der Waals surface area contributed by atoms with Crippen molar-refractivity contribution in [3.63, 3.8) is 0 Å². The standard InChI is InChI=1S/C15H10ClF6NO3S/c16-11-6-5-9(7-10(11)14(17,18)19)8-23-27(24,25)13-4-2-1-3-12(13)26-15(20,21)22/h1-7,23H,8H2. The number of alkyl halides is 6. The van der Waals surface area contributed by atoms with Crippen molar-refractivity contribution in [1.29, 1.82) is 0 Å². The van der Waals surface area contributed by atoms with Crippen LogP contribution < -0.4 is 9.46 Å². The number of ether oxygens (including phenoxy) is 1. The third-order valence-electron chi connectivity index (χ3n) is 3.17. The summed E-state index contributed by atoms with van der Waals surface area (Å²) in [6.07, 6.45) is -9.87. The molecule has 0 saturated carbocycles. The van der Waals surface area contributed by atoms with Crippen molar-refractivity contribution in [2.24, 2.45) is 0 Å². The molecule has 0 spiro atoms. The first-order valence-corrected chi connectivity index (χ1v) is 8.86. The molecule has 0 atom stereocenters. The Balaban J connectivity index is 2.26. The van der Waals surface area contributed by atoms with E-state index in [1.54, 1.807) is 0 Å². The number of para-hydroxylation sites is 1. The van der Waals surface area contributed by atoms with Crippen molar-refractivity contribution in [2.45, 2.75) is 24.0 Å². The molecule has 27 heavy (non-hydrogen) atoms. The summed E-state index contributed by atoms with van der Waals surface area (Å²) in [6.45, 7) is -0.608. The van der Waals surface area contributed by atoms with Crippen molar-refractivity contribution in [2.75, 3.05) is 0 Å². The maximum atomic E-state index is 12.8. The van der Waals surface area contributed by atoms with Gasteiger partial charge in [0.15, 0.2) is 0 Å². The number of hydrogen-bond donors (Lipinski definition) is 1. The van der Waals surface area contributed by atoms with Gasteiger partial charge in [0.2, 0.25) is 10.0 Å². The molecule has 0 aromatic heterocycles. The molecule has 0 radical (unpaired) electrons. The number of halogens is 7. The molecule has 2 rings (SSSR count). The molecular formula is C15H10ClF6NO3S. The number of nitrogens with one attached hydrogen (secondary N) is 1. The predicted molar refractivity (Wildman–Crippen MR) is 83.6 cm³/mol. The fourth-order valence-electron chi connectivity index (χ4n) is 2.04. The second kappa shape index (κ2) is 7.56. The Bertz CT molecular complexity index is 928. The van der Waals surface area contributed by atoms with Crippen LogP contribution in [-0.4, -0.2) is 14.8 Å². The molecule has 1 N–H and O–H groups in total. The smallest absolute Gasteiger partial charge is 0.404 e. The van der Waals surface area contributed by atoms with E-state index in [2.05, 4.69) is 4.74 Å². The van der Waals surface area contributed by atoms with Crippen LogP contribution in [0, 0.1) is 0 Å². The van der Waals surface area contributed by atoms with Gasteiger partial charge in [0.1, 0.15) is 10.6 Å². The number of hydrogen-bond acceptors (Lipinski definition) is 3. The maximum absolute atomic E-state index is 12.8. The van der Waals surface area contributed by atoms with Gasteiger partial charge in [-0.15, -0.1) is 13.2 Å². The highest BCUT2D eigenvalue weighted by Gasteiger charge is 2.35. The molecule has 0 heterocycles. The minimum Gasteiger partial charge on any atom is -0.404 e. The molecule has 2 aromatic rings. The molecule has 0 aliphatic heterocycles. The zero-order chi connectivity index (χ0) is 20.5. The maximum Gasteiger partial charge on any atom is 0.573 e. The predicted octanol–water partition coefficient (Wildman–Crippen LogP) is 4.74. The monoisotopic (exact) mass is 433 g/mol. The van der Waals surface area contributed by atoms with Gasteiger partial charge >= 0.3 is 12.5 Å². The van der Waals surface area contributed by atoms with Crippen LogP contribution in [0.4, 0.5) is 26.3 Å². The van der Waals surface area contributed by atoms with Crippen molar-refractivity contribution in [1.82, 2.24) is 4.72 Å². The first-order valence-electron chi connectivity index (χ1n) is 7.00. The summed E-state index contributed by atoms with van der Waals surface area (Å²) < 4.78 is 106. The Morgan fingerprint density at radius 1 is 1.00 bits per heavy atom. The Labute approximate surface area is 154 Å². The van der Waals surface area contributed by atoms with Crippen LogP contribution in [0.5, 0.6) is 5.75 Å². The van der Waals surface area contributed by atoms with Crippen LogP contribution in [0.15, 0.2) is 47.4 Å². The molecule has 0 aliphatic carbocycles. The van der Waals surface area contributed by atoms with Gasteiger partial charge in [0.25, 0.3) is 0 Å². The molecule has 12 heteroatoms. The Morgan fingerprint density at radius 3 is 2.22 bits per heavy atom. The lowest BCUT2D eigenvalue weighted by molar-refractivity contribution is -0.275. The Morgan fingerprint density at radius 2 is 1.63 bits per heavy atom. The van der Waals surface area contributed by atoms with E-state index < -0.39 is 50.3 Å². The lowest BCUT2D eigenvalue weighted by Gasteiger charge is -2.14. The van der Waals surface area contributed by atoms with E-state index in [0.29, 0.717) is 6.07 Å². The average molecular weight is 434 g/mol. The van der Waals surface area contributed by atoms with E-state index >= 15 is 0 Å². The average Bonchev–Trinajstić information content (AvgIpc) is 2.52. The molecule has 0 unspecified atom stereocenters. The Kier molecular flexibility index (Phi) is 5.97. The van der Waals surface area contributed by atoms with Crippen LogP contribution in [0.1, 0.15) is 11.1 Å². The van der Waals surface area contributed by atoms with Gasteiger partial charge in [-0.3, -0.25) is 0 Å². The largest absolute Gasteiger partial charge is 0.573 e. The van der Waals surface area contributed by atoms with Gasteiger partial charge in [-0.2, -0.15) is 13.2 Å². The van der Waals surface area contributed by atoms with E-state index in [9.17, 15) is 34.8 Å². The van der Waals surface area contributed by atoms with E-state index in [1.165, 1.54) is 6.07 Å². The lowest BCUT2D eigenvalue weighted by atomic mass is 10.1. The van der Waals surface area contributed by atoms with Crippen molar-refractivity contribution in [3.05, 3.63) is 58.6 Å². The Hall–Kier alpha value is -1.98. The van der Waals surface area contributed by atoms with Crippen LogP contribution in [0.25, 0.3) is 0 Å². The molecule has 4 nitrogen and oxygen atoms in total. The summed E-state index contributed by atoms with van der Waals surface area (Å²) in [5, 5.41) is -0.571. The summed E-state index contributed by atoms with van der Waals surface area (Å²) in [6, 6.07) is 6.70. The topological polar surface area (TPSA) is 55.4 Å². The summed E-state index contributed by atoms with van der Waals surface area (Å²) >= 11 is 5.47. The highest BCUT2D eigenvalue weighted by atomic mass is 35.5. The quantitative estimate of drug-likeness (QED) is 0.693. The molecule has 0 amide bonds. The highest BCUT2D eigenvalue weighted by Crippen LogP contribution is 2.35. The van der Waals surface area contributed by atoms with Gasteiger partial charge in [-0.05, 0) is 29.8 Å². The summed E-state index contributed by atoms with van der Waals surface area (Å²) in [7, 11) is -4.51. The van der Waals surface area contributed by atoms with Crippen LogP contribution in [0.2, 0.25) is 5.02 Å². The zero-order valence-electron chi connectivity index (χ0n) is 13.0. The normalized spacial score (nSPS) is 12.9. The van der Waals surface area contributed by atoms with E-state index in [4.69, 9.17) is 11.6 Å². The molecule has 0 saturated heterocycles. The number of benzene rings is 2. The van der Waals surface area contributed by atoms with E-state index in [1.807, 2.05) is 4.72 Å². The fourth-order valence-corrected chi connectivity index (χ4v) is 3.41. The second-order valence-electron chi connectivity index (χ2n) is 5.13. The van der Waals surface area contributed by atoms with Crippen molar-refractivity contribution in [3.8, 4) is 5.75 Å². The molecular weight excluding hydrogens is 424 g/mol. The van der Waals surface area contributed by atoms with Crippen LogP contribution in [0.3, 0.4) is 0 Å². The third kappa shape index (κ3) is 5.75. The van der Waals surface area contributed by atoms with E-state index in [0.717, 1.165) is 30.3 Å². The van der Waals surface area contributed by atoms with Crippen molar-refractivity contribution >= 4 is 21.6 Å². The summed E-state index contributed by atoms with van der Waals surface area (Å²) in [5.41, 5.74) is -1.26. The molecule has 0 aliphatic rings. The summed E-state index contributed by atoms with van der Waals surface area (Å²) in [4.78, 5) is -0.813. The molecule has 148 valence electrons. The minimum absolute atomic E-state index is 0.0930. The van der Waals surface area contributed by atoms with Crippen LogP contribution >= 0.6 is 11.6 Å². The SMILES string of the molecule is O=S(=O)(NCc1ccc(Cl)c(C(F)(F)F)c1)c1ccccc1OC(F)(F)F. The van der Waals surface area contributed by atoms with Gasteiger partial charge in [0.05, 0.1) is 10.6 Å². The summed E-state index contributed by atoms with van der Waals surface area (Å²) in [5.74, 6) is -0.968. The zero-order valence-corrected chi connectivity index (χ0v) is 14.6. The highest BCUT2D eigenvalue weighted by molar-refractivity contribution is 7.89. The van der Waals surface area contributed by atoms with Gasteiger partial charge in [-0.1, -0.05) is 29.8 Å². The first kappa shape index (κ1) is 21.3. The van der Waals surface area contributed by atoms with Crippen molar-refractivity contribution < 1.29 is 39.5 Å². The van der Waals surface area contributed by atoms with Gasteiger partial charge < -0.3 is 4.74 Å². The molecule has 0 fully saturated rings. The number of rotatable bonds is 5.